The van der Waals surface area contributed by atoms with Crippen LogP contribution in [0.15, 0.2) is 21.3 Å². The predicted octanol–water partition coefficient (Wildman–Crippen LogP) is 0.958. The van der Waals surface area contributed by atoms with Crippen LogP contribution in [0.3, 0.4) is 0 Å². The number of H-pyrrole nitrogens is 1. The molecule has 0 aliphatic carbocycles. The van der Waals surface area contributed by atoms with Crippen molar-refractivity contribution in [2.45, 2.75) is 0 Å². The van der Waals surface area contributed by atoms with Gasteiger partial charge < -0.3 is 9.52 Å². The lowest BCUT2D eigenvalue weighted by Crippen LogP contribution is -2.00. The number of nitrogens with one attached hydrogen (secondary N) is 1. The van der Waals surface area contributed by atoms with Crippen molar-refractivity contribution in [3.63, 3.8) is 0 Å². The second kappa shape index (κ2) is 2.69. The summed E-state index contributed by atoms with van der Waals surface area (Å²) in [7, 11) is 0. The number of fused-ring (bicyclic) bond motifs is 1. The zero-order valence-electron chi connectivity index (χ0n) is 6.70. The van der Waals surface area contributed by atoms with Crippen molar-refractivity contribution < 1.29 is 18.7 Å². The van der Waals surface area contributed by atoms with E-state index in [1.54, 1.807) is 0 Å². The van der Waals surface area contributed by atoms with Crippen molar-refractivity contribution in [3.05, 3.63) is 34.1 Å². The average Bonchev–Trinajstić information content (AvgIpc) is 2.42. The van der Waals surface area contributed by atoms with Crippen molar-refractivity contribution in [1.29, 1.82) is 0 Å². The lowest BCUT2D eigenvalue weighted by molar-refractivity contribution is 0.0698. The number of carbonyl (C=O) groups is 1. The maximum absolute atomic E-state index is 12.8. The third-order valence-electron chi connectivity index (χ3n) is 1.73. The summed E-state index contributed by atoms with van der Waals surface area (Å²) in [6.45, 7) is 0. The molecule has 0 saturated heterocycles. The zero-order valence-corrected chi connectivity index (χ0v) is 6.70. The standard InChI is InChI=1S/C8H4FNO4/c9-3-1-4(7(11)12)6-5(2-3)14-8(13)10-6/h1-2H,(H,10,13)(H,11,12). The van der Waals surface area contributed by atoms with Crippen LogP contribution in [0.25, 0.3) is 11.1 Å². The van der Waals surface area contributed by atoms with Gasteiger partial charge in [-0.25, -0.2) is 14.0 Å². The summed E-state index contributed by atoms with van der Waals surface area (Å²) in [4.78, 5) is 23.5. The second-order valence-corrected chi connectivity index (χ2v) is 2.65. The molecule has 1 aromatic heterocycles. The summed E-state index contributed by atoms with van der Waals surface area (Å²) in [5, 5.41) is 8.69. The summed E-state index contributed by atoms with van der Waals surface area (Å²) in [5.41, 5.74) is -0.442. The lowest BCUT2D eigenvalue weighted by Gasteiger charge is -1.95. The van der Waals surface area contributed by atoms with Gasteiger partial charge in [-0.05, 0) is 6.07 Å². The molecule has 1 aromatic carbocycles. The Morgan fingerprint density at radius 3 is 2.86 bits per heavy atom. The van der Waals surface area contributed by atoms with E-state index >= 15 is 0 Å². The molecule has 0 bridgehead atoms. The lowest BCUT2D eigenvalue weighted by atomic mass is 10.2. The Hall–Kier alpha value is -2.11. The fraction of sp³-hybridized carbons (Fsp3) is 0. The Morgan fingerprint density at radius 2 is 2.21 bits per heavy atom. The predicted molar refractivity (Wildman–Crippen MR) is 43.8 cm³/mol. The van der Waals surface area contributed by atoms with Crippen LogP contribution in [0, 0.1) is 5.82 Å². The number of carboxylic acids is 1. The van der Waals surface area contributed by atoms with Crippen LogP contribution in [0.4, 0.5) is 4.39 Å². The van der Waals surface area contributed by atoms with Gasteiger partial charge in [-0.3, -0.25) is 4.98 Å². The van der Waals surface area contributed by atoms with Crippen LogP contribution in [-0.4, -0.2) is 16.1 Å². The number of carboxylic acid groups (broad SMARTS) is 1. The van der Waals surface area contributed by atoms with E-state index in [-0.39, 0.29) is 16.7 Å². The van der Waals surface area contributed by atoms with Gasteiger partial charge in [0.25, 0.3) is 0 Å². The summed E-state index contributed by atoms with van der Waals surface area (Å²) in [6, 6.07) is 1.76. The van der Waals surface area contributed by atoms with Gasteiger partial charge in [-0.1, -0.05) is 0 Å². The van der Waals surface area contributed by atoms with E-state index in [1.165, 1.54) is 0 Å². The normalized spacial score (nSPS) is 10.6. The number of aromatic amines is 1. The largest absolute Gasteiger partial charge is 0.478 e. The first-order valence-electron chi connectivity index (χ1n) is 3.63. The van der Waals surface area contributed by atoms with Crippen LogP contribution in [0.5, 0.6) is 0 Å². The van der Waals surface area contributed by atoms with E-state index in [2.05, 4.69) is 9.40 Å². The van der Waals surface area contributed by atoms with Gasteiger partial charge in [0.1, 0.15) is 11.3 Å². The number of aromatic nitrogens is 1. The molecule has 0 radical (unpaired) electrons. The third kappa shape index (κ3) is 1.17. The summed E-state index contributed by atoms with van der Waals surface area (Å²) >= 11 is 0. The molecule has 6 heteroatoms. The Bertz CT molecular complexity index is 568. The Labute approximate surface area is 75.8 Å². The van der Waals surface area contributed by atoms with E-state index in [4.69, 9.17) is 5.11 Å². The highest BCUT2D eigenvalue weighted by Crippen LogP contribution is 2.17. The highest BCUT2D eigenvalue weighted by molar-refractivity contribution is 6.00. The van der Waals surface area contributed by atoms with Gasteiger partial charge in [0.15, 0.2) is 5.58 Å². The molecule has 2 rings (SSSR count). The van der Waals surface area contributed by atoms with E-state index in [1.807, 2.05) is 0 Å². The van der Waals surface area contributed by atoms with E-state index in [0.29, 0.717) is 0 Å². The van der Waals surface area contributed by atoms with E-state index in [9.17, 15) is 14.0 Å². The van der Waals surface area contributed by atoms with Crippen molar-refractivity contribution in [1.82, 2.24) is 4.98 Å². The molecule has 2 N–H and O–H groups in total. The summed E-state index contributed by atoms with van der Waals surface area (Å²) in [5.74, 6) is -2.91. The Kier molecular flexibility index (Phi) is 1.63. The molecule has 14 heavy (non-hydrogen) atoms. The van der Waals surface area contributed by atoms with Gasteiger partial charge in [0.2, 0.25) is 0 Å². The first-order chi connectivity index (χ1) is 6.58. The van der Waals surface area contributed by atoms with Crippen molar-refractivity contribution in [2.24, 2.45) is 0 Å². The second-order valence-electron chi connectivity index (χ2n) is 2.65. The average molecular weight is 197 g/mol. The molecule has 0 aliphatic rings. The molecule has 0 aliphatic heterocycles. The highest BCUT2D eigenvalue weighted by atomic mass is 19.1. The molecule has 0 unspecified atom stereocenters. The number of halogens is 1. The first kappa shape index (κ1) is 8.49. The summed E-state index contributed by atoms with van der Waals surface area (Å²) < 4.78 is 17.4. The van der Waals surface area contributed by atoms with Crippen molar-refractivity contribution in [3.8, 4) is 0 Å². The van der Waals surface area contributed by atoms with Gasteiger partial charge in [-0.2, -0.15) is 0 Å². The smallest absolute Gasteiger partial charge is 0.417 e. The fourth-order valence-corrected chi connectivity index (χ4v) is 1.19. The van der Waals surface area contributed by atoms with Gasteiger partial charge >= 0.3 is 11.7 Å². The van der Waals surface area contributed by atoms with Gasteiger partial charge in [-0.15, -0.1) is 0 Å². The molecule has 0 atom stereocenters. The molecule has 0 fully saturated rings. The quantitative estimate of drug-likeness (QED) is 0.713. The van der Waals surface area contributed by atoms with Crippen LogP contribution < -0.4 is 5.76 Å². The number of oxazole rings is 1. The zero-order chi connectivity index (χ0) is 10.3. The van der Waals surface area contributed by atoms with Crippen molar-refractivity contribution >= 4 is 17.1 Å². The van der Waals surface area contributed by atoms with Gasteiger partial charge in [0, 0.05) is 6.07 Å². The molecule has 0 amide bonds. The molecular formula is C8H4FNO4. The fourth-order valence-electron chi connectivity index (χ4n) is 1.19. The molecule has 2 aromatic rings. The van der Waals surface area contributed by atoms with E-state index < -0.39 is 17.5 Å². The molecule has 1 heterocycles. The molecule has 5 nitrogen and oxygen atoms in total. The minimum absolute atomic E-state index is 0.0103. The highest BCUT2D eigenvalue weighted by Gasteiger charge is 2.14. The molecular weight excluding hydrogens is 193 g/mol. The van der Waals surface area contributed by atoms with E-state index in [0.717, 1.165) is 12.1 Å². The molecule has 0 spiro atoms. The van der Waals surface area contributed by atoms with Gasteiger partial charge in [0.05, 0.1) is 5.56 Å². The minimum Gasteiger partial charge on any atom is -0.478 e. The number of rotatable bonds is 1. The Morgan fingerprint density at radius 1 is 1.50 bits per heavy atom. The van der Waals surface area contributed by atoms with Crippen LogP contribution in [-0.2, 0) is 0 Å². The molecule has 0 saturated carbocycles. The first-order valence-corrected chi connectivity index (χ1v) is 3.63. The maximum atomic E-state index is 12.8. The van der Waals surface area contributed by atoms with Crippen molar-refractivity contribution in [2.75, 3.05) is 0 Å². The monoisotopic (exact) mass is 197 g/mol. The number of hydrogen-bond acceptors (Lipinski definition) is 3. The van der Waals surface area contributed by atoms with Crippen LogP contribution >= 0.6 is 0 Å². The number of benzene rings is 1. The topological polar surface area (TPSA) is 83.3 Å². The van der Waals surface area contributed by atoms with Crippen LogP contribution in [0.2, 0.25) is 0 Å². The number of aromatic carboxylic acids is 1. The van der Waals surface area contributed by atoms with Crippen LogP contribution in [0.1, 0.15) is 10.4 Å². The third-order valence-corrected chi connectivity index (χ3v) is 1.73. The molecule has 72 valence electrons. The summed E-state index contributed by atoms with van der Waals surface area (Å²) in [6.07, 6.45) is 0. The maximum Gasteiger partial charge on any atom is 0.417 e. The number of hydrogen-bond donors (Lipinski definition) is 2. The minimum atomic E-state index is -1.33. The Balaban J connectivity index is 2.92. The SMILES string of the molecule is O=C(O)c1cc(F)cc2oc(=O)[nH]c12.